The second-order valence-corrected chi connectivity index (χ2v) is 7.70. The number of para-hydroxylation sites is 2. The van der Waals surface area contributed by atoms with Crippen LogP contribution < -0.4 is 10.2 Å². The topological polar surface area (TPSA) is 71.3 Å². The third-order valence-electron chi connectivity index (χ3n) is 4.65. The number of amides is 1. The summed E-state index contributed by atoms with van der Waals surface area (Å²) in [5.74, 6) is 0.853. The van der Waals surface area contributed by atoms with Crippen LogP contribution in [-0.4, -0.2) is 23.2 Å². The van der Waals surface area contributed by atoms with Gasteiger partial charge in [0.1, 0.15) is 0 Å². The lowest BCUT2D eigenvalue weighted by Gasteiger charge is -2.22. The standard InChI is InChI=1S/C23H22N4O2S/c1-27(15-17-7-3-2-4-8-17)20-10-6-5-9-19(20)24-21(28)11-12-22-25-26-23(29-22)18-13-14-30-16-18/h2-10,13-14,16H,11-12,15H2,1H3,(H,24,28). The molecule has 1 N–H and O–H groups in total. The van der Waals surface area contributed by atoms with E-state index in [0.29, 0.717) is 18.2 Å². The van der Waals surface area contributed by atoms with Gasteiger partial charge < -0.3 is 14.6 Å². The minimum Gasteiger partial charge on any atom is -0.421 e. The average molecular weight is 419 g/mol. The van der Waals surface area contributed by atoms with Crippen LogP contribution in [0, 0.1) is 0 Å². The summed E-state index contributed by atoms with van der Waals surface area (Å²) in [5, 5.41) is 15.0. The molecule has 4 rings (SSSR count). The summed E-state index contributed by atoms with van der Waals surface area (Å²) in [6.45, 7) is 0.751. The van der Waals surface area contributed by atoms with E-state index in [1.807, 2.05) is 66.3 Å². The van der Waals surface area contributed by atoms with E-state index < -0.39 is 0 Å². The quantitative estimate of drug-likeness (QED) is 0.436. The summed E-state index contributed by atoms with van der Waals surface area (Å²) in [6, 6.07) is 20.0. The Kier molecular flexibility index (Phi) is 6.20. The van der Waals surface area contributed by atoms with Crippen LogP contribution in [0.2, 0.25) is 0 Å². The molecule has 1 amide bonds. The first kappa shape index (κ1) is 19.8. The number of benzene rings is 2. The number of hydrogen-bond donors (Lipinski definition) is 1. The largest absolute Gasteiger partial charge is 0.421 e. The number of nitrogens with zero attached hydrogens (tertiary/aromatic N) is 3. The molecule has 2 heterocycles. The number of hydrogen-bond acceptors (Lipinski definition) is 6. The van der Waals surface area contributed by atoms with Gasteiger partial charge in [-0.15, -0.1) is 10.2 Å². The summed E-state index contributed by atoms with van der Waals surface area (Å²) < 4.78 is 5.65. The van der Waals surface area contributed by atoms with Crippen molar-refractivity contribution < 1.29 is 9.21 Å². The van der Waals surface area contributed by atoms with Gasteiger partial charge in [-0.25, -0.2) is 0 Å². The number of aromatic nitrogens is 2. The van der Waals surface area contributed by atoms with E-state index in [4.69, 9.17) is 4.42 Å². The Balaban J connectivity index is 1.36. The highest BCUT2D eigenvalue weighted by Gasteiger charge is 2.13. The Morgan fingerprint density at radius 1 is 1.07 bits per heavy atom. The second-order valence-electron chi connectivity index (χ2n) is 6.92. The number of nitrogens with one attached hydrogen (secondary N) is 1. The van der Waals surface area contributed by atoms with Crippen LogP contribution in [0.3, 0.4) is 0 Å². The molecule has 0 bridgehead atoms. The molecule has 0 aliphatic heterocycles. The molecule has 0 aliphatic carbocycles. The molecule has 0 spiro atoms. The van der Waals surface area contributed by atoms with Gasteiger partial charge in [0.05, 0.1) is 11.4 Å². The minimum absolute atomic E-state index is 0.0918. The molecule has 6 nitrogen and oxygen atoms in total. The first-order valence-electron chi connectivity index (χ1n) is 9.68. The number of thiophene rings is 1. The van der Waals surface area contributed by atoms with Gasteiger partial charge in [-0.3, -0.25) is 4.79 Å². The Morgan fingerprint density at radius 2 is 1.87 bits per heavy atom. The van der Waals surface area contributed by atoms with Crippen molar-refractivity contribution >= 4 is 28.6 Å². The molecule has 0 fully saturated rings. The van der Waals surface area contributed by atoms with Crippen molar-refractivity contribution in [3.63, 3.8) is 0 Å². The number of anilines is 2. The second kappa shape index (κ2) is 9.37. The van der Waals surface area contributed by atoms with Gasteiger partial charge >= 0.3 is 0 Å². The first-order valence-corrected chi connectivity index (χ1v) is 10.6. The number of carbonyl (C=O) groups is 1. The maximum Gasteiger partial charge on any atom is 0.248 e. The molecule has 0 saturated carbocycles. The Bertz CT molecular complexity index is 1090. The lowest BCUT2D eigenvalue weighted by atomic mass is 10.2. The summed E-state index contributed by atoms with van der Waals surface area (Å²) >= 11 is 1.57. The van der Waals surface area contributed by atoms with Gasteiger partial charge in [-0.1, -0.05) is 42.5 Å². The van der Waals surface area contributed by atoms with Gasteiger partial charge in [0.15, 0.2) is 0 Å². The Labute approximate surface area is 179 Å². The van der Waals surface area contributed by atoms with Crippen molar-refractivity contribution in [1.29, 1.82) is 0 Å². The van der Waals surface area contributed by atoms with E-state index in [-0.39, 0.29) is 12.3 Å². The van der Waals surface area contributed by atoms with Crippen LogP contribution in [0.1, 0.15) is 17.9 Å². The highest BCUT2D eigenvalue weighted by Crippen LogP contribution is 2.26. The maximum absolute atomic E-state index is 12.5. The zero-order chi connectivity index (χ0) is 20.8. The third-order valence-corrected chi connectivity index (χ3v) is 5.34. The minimum atomic E-state index is -0.0918. The van der Waals surface area contributed by atoms with Crippen LogP contribution in [0.25, 0.3) is 11.5 Å². The fourth-order valence-corrected chi connectivity index (χ4v) is 3.78. The molecule has 0 unspecified atom stereocenters. The van der Waals surface area contributed by atoms with Crippen LogP contribution in [-0.2, 0) is 17.8 Å². The van der Waals surface area contributed by atoms with Crippen molar-refractivity contribution in [3.8, 4) is 11.5 Å². The van der Waals surface area contributed by atoms with E-state index >= 15 is 0 Å². The molecule has 7 heteroatoms. The van der Waals surface area contributed by atoms with Gasteiger partial charge in [-0.05, 0) is 29.1 Å². The van der Waals surface area contributed by atoms with Crippen molar-refractivity contribution in [2.45, 2.75) is 19.4 Å². The predicted octanol–water partition coefficient (Wildman–Crippen LogP) is 5.01. The van der Waals surface area contributed by atoms with Crippen LogP contribution in [0.15, 0.2) is 75.8 Å². The van der Waals surface area contributed by atoms with Crippen LogP contribution in [0.5, 0.6) is 0 Å². The van der Waals surface area contributed by atoms with E-state index in [2.05, 4.69) is 32.5 Å². The molecular weight excluding hydrogens is 396 g/mol. The average Bonchev–Trinajstić information content (AvgIpc) is 3.45. The SMILES string of the molecule is CN(Cc1ccccc1)c1ccccc1NC(=O)CCc1nnc(-c2ccsc2)o1. The van der Waals surface area contributed by atoms with Crippen molar-refractivity contribution in [3.05, 3.63) is 82.9 Å². The zero-order valence-corrected chi connectivity index (χ0v) is 17.4. The smallest absolute Gasteiger partial charge is 0.248 e. The molecule has 2 aromatic heterocycles. The zero-order valence-electron chi connectivity index (χ0n) is 16.6. The Morgan fingerprint density at radius 3 is 2.67 bits per heavy atom. The first-order chi connectivity index (χ1) is 14.7. The van der Waals surface area contributed by atoms with Crippen LogP contribution in [0.4, 0.5) is 11.4 Å². The molecule has 0 atom stereocenters. The van der Waals surface area contributed by atoms with E-state index in [0.717, 1.165) is 23.5 Å². The number of rotatable bonds is 8. The molecule has 0 saturated heterocycles. The lowest BCUT2D eigenvalue weighted by molar-refractivity contribution is -0.116. The number of aryl methyl sites for hydroxylation is 1. The van der Waals surface area contributed by atoms with Crippen molar-refractivity contribution in [2.75, 3.05) is 17.3 Å². The summed E-state index contributed by atoms with van der Waals surface area (Å²) in [4.78, 5) is 14.7. The van der Waals surface area contributed by atoms with E-state index in [1.165, 1.54) is 5.56 Å². The molecule has 152 valence electrons. The van der Waals surface area contributed by atoms with Crippen molar-refractivity contribution in [1.82, 2.24) is 10.2 Å². The summed E-state index contributed by atoms with van der Waals surface area (Å²) in [5.41, 5.74) is 3.86. The maximum atomic E-state index is 12.5. The predicted molar refractivity (Wildman–Crippen MR) is 120 cm³/mol. The van der Waals surface area contributed by atoms with Crippen LogP contribution >= 0.6 is 11.3 Å². The highest BCUT2D eigenvalue weighted by molar-refractivity contribution is 7.08. The van der Waals surface area contributed by atoms with E-state index in [1.54, 1.807) is 11.3 Å². The number of carbonyl (C=O) groups excluding carboxylic acids is 1. The highest BCUT2D eigenvalue weighted by atomic mass is 32.1. The van der Waals surface area contributed by atoms with Gasteiger partial charge in [0.25, 0.3) is 0 Å². The molecule has 0 radical (unpaired) electrons. The summed E-state index contributed by atoms with van der Waals surface area (Å²) in [6.07, 6.45) is 0.660. The molecule has 2 aromatic carbocycles. The molecule has 30 heavy (non-hydrogen) atoms. The fraction of sp³-hybridized carbons (Fsp3) is 0.174. The van der Waals surface area contributed by atoms with E-state index in [9.17, 15) is 4.79 Å². The summed E-state index contributed by atoms with van der Waals surface area (Å²) in [7, 11) is 2.02. The monoisotopic (exact) mass is 418 g/mol. The third kappa shape index (κ3) is 4.93. The van der Waals surface area contributed by atoms with Gasteiger partial charge in [0.2, 0.25) is 17.7 Å². The van der Waals surface area contributed by atoms with Gasteiger partial charge in [-0.2, -0.15) is 11.3 Å². The fourth-order valence-electron chi connectivity index (χ4n) is 3.15. The Hall–Kier alpha value is -3.45. The normalized spacial score (nSPS) is 10.7. The van der Waals surface area contributed by atoms with Gasteiger partial charge in [0, 0.05) is 37.4 Å². The van der Waals surface area contributed by atoms with Crippen molar-refractivity contribution in [2.24, 2.45) is 0 Å². The molecular formula is C23H22N4O2S. The molecule has 0 aliphatic rings. The molecule has 4 aromatic rings. The lowest BCUT2D eigenvalue weighted by Crippen LogP contribution is -2.20.